The zero-order chi connectivity index (χ0) is 13.3. The Morgan fingerprint density at radius 2 is 1.89 bits per heavy atom. The molecule has 18 heavy (non-hydrogen) atoms. The first kappa shape index (κ1) is 13.1. The Kier molecular flexibility index (Phi) is 3.71. The van der Waals surface area contributed by atoms with E-state index in [1.807, 2.05) is 32.9 Å². The fourth-order valence-electron chi connectivity index (χ4n) is 2.60. The minimum absolute atomic E-state index is 0.0909. The molecule has 0 N–H and O–H groups in total. The van der Waals surface area contributed by atoms with Crippen molar-refractivity contribution in [2.75, 3.05) is 7.11 Å². The van der Waals surface area contributed by atoms with Gasteiger partial charge in [0.05, 0.1) is 13.2 Å². The van der Waals surface area contributed by atoms with E-state index in [1.54, 1.807) is 7.11 Å². The molecule has 3 nitrogen and oxygen atoms in total. The van der Waals surface area contributed by atoms with Gasteiger partial charge in [-0.25, -0.2) is 0 Å². The van der Waals surface area contributed by atoms with Gasteiger partial charge in [-0.3, -0.25) is 4.79 Å². The fraction of sp³-hybridized carbons (Fsp3) is 0.533. The summed E-state index contributed by atoms with van der Waals surface area (Å²) in [7, 11) is 1.65. The smallest absolute Gasteiger partial charge is 0.191 e. The van der Waals surface area contributed by atoms with Crippen LogP contribution in [0.25, 0.3) is 0 Å². The summed E-state index contributed by atoms with van der Waals surface area (Å²) in [5, 5.41) is 0. The van der Waals surface area contributed by atoms with Gasteiger partial charge in [-0.15, -0.1) is 0 Å². The number of hydrogen-bond donors (Lipinski definition) is 0. The number of hydrogen-bond acceptors (Lipinski definition) is 3. The summed E-state index contributed by atoms with van der Waals surface area (Å²) in [5.74, 6) is 0.945. The van der Waals surface area contributed by atoms with Crippen LogP contribution in [-0.4, -0.2) is 25.1 Å². The molecule has 1 saturated heterocycles. The average Bonchev–Trinajstić information content (AvgIpc) is 2.74. The molecule has 0 radical (unpaired) electrons. The predicted molar refractivity (Wildman–Crippen MR) is 70.4 cm³/mol. The molecule has 2 atom stereocenters. The Hall–Kier alpha value is -1.35. The number of rotatable bonds is 3. The van der Waals surface area contributed by atoms with E-state index < -0.39 is 0 Å². The Balaban J connectivity index is 2.26. The number of aryl methyl sites for hydroxylation is 2. The van der Waals surface area contributed by atoms with E-state index in [2.05, 4.69) is 0 Å². The predicted octanol–water partition coefficient (Wildman–Crippen LogP) is 3.06. The lowest BCUT2D eigenvalue weighted by Crippen LogP contribution is -2.21. The third-order valence-corrected chi connectivity index (χ3v) is 3.47. The summed E-state index contributed by atoms with van der Waals surface area (Å²) in [6, 6.07) is 3.78. The molecule has 0 aromatic heterocycles. The zero-order valence-corrected chi connectivity index (χ0v) is 11.4. The van der Waals surface area contributed by atoms with Crippen molar-refractivity contribution in [1.29, 1.82) is 0 Å². The van der Waals surface area contributed by atoms with Crippen LogP contribution in [0, 0.1) is 13.8 Å². The second-order valence-electron chi connectivity index (χ2n) is 5.02. The highest BCUT2D eigenvalue weighted by atomic mass is 16.5. The van der Waals surface area contributed by atoms with Gasteiger partial charge in [0.25, 0.3) is 0 Å². The van der Waals surface area contributed by atoms with E-state index in [1.165, 1.54) is 0 Å². The van der Waals surface area contributed by atoms with Crippen molar-refractivity contribution in [1.82, 2.24) is 0 Å². The second kappa shape index (κ2) is 5.11. The molecule has 0 saturated carbocycles. The molecule has 1 fully saturated rings. The molecule has 0 bridgehead atoms. The van der Waals surface area contributed by atoms with E-state index in [9.17, 15) is 4.79 Å². The first-order chi connectivity index (χ1) is 8.52. The van der Waals surface area contributed by atoms with Crippen molar-refractivity contribution < 1.29 is 14.3 Å². The van der Waals surface area contributed by atoms with Crippen LogP contribution in [0.15, 0.2) is 12.1 Å². The van der Waals surface area contributed by atoms with Crippen LogP contribution >= 0.6 is 0 Å². The minimum Gasteiger partial charge on any atom is -0.496 e. The van der Waals surface area contributed by atoms with Crippen LogP contribution in [0.4, 0.5) is 0 Å². The summed E-state index contributed by atoms with van der Waals surface area (Å²) >= 11 is 0. The van der Waals surface area contributed by atoms with Crippen molar-refractivity contribution in [3.05, 3.63) is 28.8 Å². The number of methoxy groups -OCH3 is 1. The molecule has 1 aliphatic heterocycles. The Labute approximate surface area is 108 Å². The molecule has 3 heteroatoms. The van der Waals surface area contributed by atoms with E-state index in [0.717, 1.165) is 35.3 Å². The Morgan fingerprint density at radius 1 is 1.28 bits per heavy atom. The molecule has 0 amide bonds. The highest BCUT2D eigenvalue weighted by molar-refractivity contribution is 6.00. The van der Waals surface area contributed by atoms with Gasteiger partial charge in [0.15, 0.2) is 5.78 Å². The van der Waals surface area contributed by atoms with Gasteiger partial charge in [0.1, 0.15) is 11.9 Å². The first-order valence-corrected chi connectivity index (χ1v) is 6.38. The lowest BCUT2D eigenvalue weighted by Gasteiger charge is -2.14. The van der Waals surface area contributed by atoms with E-state index in [-0.39, 0.29) is 18.0 Å². The summed E-state index contributed by atoms with van der Waals surface area (Å²) in [5.41, 5.74) is 2.71. The molecular weight excluding hydrogens is 228 g/mol. The molecule has 1 aromatic carbocycles. The van der Waals surface area contributed by atoms with E-state index >= 15 is 0 Å². The third-order valence-electron chi connectivity index (χ3n) is 3.47. The number of carbonyl (C=O) groups excluding carboxylic acids is 1. The van der Waals surface area contributed by atoms with Gasteiger partial charge in [-0.2, -0.15) is 0 Å². The number of benzene rings is 1. The molecule has 1 heterocycles. The van der Waals surface area contributed by atoms with Gasteiger partial charge in [-0.05, 0) is 56.9 Å². The maximum atomic E-state index is 12.3. The van der Waals surface area contributed by atoms with Crippen LogP contribution in [0.5, 0.6) is 5.75 Å². The highest BCUT2D eigenvalue weighted by Crippen LogP contribution is 2.27. The number of ketones is 1. The van der Waals surface area contributed by atoms with Gasteiger partial charge >= 0.3 is 0 Å². The molecule has 2 rings (SSSR count). The Morgan fingerprint density at radius 3 is 2.33 bits per heavy atom. The molecule has 0 aliphatic carbocycles. The highest BCUT2D eigenvalue weighted by Gasteiger charge is 2.29. The largest absolute Gasteiger partial charge is 0.496 e. The summed E-state index contributed by atoms with van der Waals surface area (Å²) in [6.45, 7) is 5.93. The average molecular weight is 248 g/mol. The van der Waals surface area contributed by atoms with Gasteiger partial charge < -0.3 is 9.47 Å². The fourth-order valence-corrected chi connectivity index (χ4v) is 2.60. The number of Topliss-reactive ketones (excluding diaryl/α,β-unsaturated/α-hetero) is 1. The molecule has 98 valence electrons. The normalized spacial score (nSPS) is 23.1. The standard InChI is InChI=1S/C15H20O3/c1-9-7-12(8-10(2)15(9)17-4)14(16)13-6-5-11(3)18-13/h7-8,11,13H,5-6H2,1-4H3. The van der Waals surface area contributed by atoms with Crippen LogP contribution in [-0.2, 0) is 4.74 Å². The molecule has 1 aromatic rings. The SMILES string of the molecule is COc1c(C)cc(C(=O)C2CCC(C)O2)cc1C. The van der Waals surface area contributed by atoms with Crippen LogP contribution in [0.1, 0.15) is 41.3 Å². The molecule has 2 unspecified atom stereocenters. The van der Waals surface area contributed by atoms with Gasteiger partial charge in [0, 0.05) is 5.56 Å². The third kappa shape index (κ3) is 2.41. The van der Waals surface area contributed by atoms with E-state index in [0.29, 0.717) is 0 Å². The minimum atomic E-state index is -0.271. The van der Waals surface area contributed by atoms with Crippen LogP contribution in [0.2, 0.25) is 0 Å². The summed E-state index contributed by atoms with van der Waals surface area (Å²) < 4.78 is 10.9. The topological polar surface area (TPSA) is 35.5 Å². The lowest BCUT2D eigenvalue weighted by molar-refractivity contribution is 0.0433. The van der Waals surface area contributed by atoms with Crippen LogP contribution < -0.4 is 4.74 Å². The Bertz CT molecular complexity index is 442. The number of carbonyl (C=O) groups is 1. The monoisotopic (exact) mass is 248 g/mol. The van der Waals surface area contributed by atoms with Crippen molar-refractivity contribution in [2.24, 2.45) is 0 Å². The quantitative estimate of drug-likeness (QED) is 0.771. The summed E-state index contributed by atoms with van der Waals surface area (Å²) in [6.07, 6.45) is 1.71. The van der Waals surface area contributed by atoms with Crippen molar-refractivity contribution >= 4 is 5.78 Å². The number of ether oxygens (including phenoxy) is 2. The molecular formula is C15H20O3. The molecule has 1 aliphatic rings. The summed E-state index contributed by atoms with van der Waals surface area (Å²) in [4.78, 5) is 12.3. The zero-order valence-electron chi connectivity index (χ0n) is 11.4. The van der Waals surface area contributed by atoms with Crippen LogP contribution in [0.3, 0.4) is 0 Å². The maximum Gasteiger partial charge on any atom is 0.191 e. The van der Waals surface area contributed by atoms with Gasteiger partial charge in [-0.1, -0.05) is 0 Å². The van der Waals surface area contributed by atoms with E-state index in [4.69, 9.17) is 9.47 Å². The van der Waals surface area contributed by atoms with Gasteiger partial charge in [0.2, 0.25) is 0 Å². The lowest BCUT2D eigenvalue weighted by atomic mass is 9.99. The van der Waals surface area contributed by atoms with Crippen molar-refractivity contribution in [3.8, 4) is 5.75 Å². The maximum absolute atomic E-state index is 12.3. The van der Waals surface area contributed by atoms with Crippen molar-refractivity contribution in [2.45, 2.75) is 45.8 Å². The molecule has 0 spiro atoms. The first-order valence-electron chi connectivity index (χ1n) is 6.38. The van der Waals surface area contributed by atoms with Crippen molar-refractivity contribution in [3.63, 3.8) is 0 Å². The second-order valence-corrected chi connectivity index (χ2v) is 5.02.